The molecule has 1 N–H and O–H groups in total. The Morgan fingerprint density at radius 3 is 2.68 bits per heavy atom. The van der Waals surface area contributed by atoms with E-state index in [-0.39, 0.29) is 36.4 Å². The Hall–Kier alpha value is -2.39. The van der Waals surface area contributed by atoms with Gasteiger partial charge in [-0.25, -0.2) is 8.42 Å². The fourth-order valence-corrected chi connectivity index (χ4v) is 5.65. The lowest BCUT2D eigenvalue weighted by molar-refractivity contribution is -0.132. The Bertz CT molecular complexity index is 1030. The molecule has 0 bridgehead atoms. The molecule has 1 atom stereocenters. The fourth-order valence-electron chi connectivity index (χ4n) is 3.35. The molecule has 2 aromatic rings. The van der Waals surface area contributed by atoms with Crippen molar-refractivity contribution in [1.29, 1.82) is 0 Å². The minimum Gasteiger partial charge on any atom is -0.488 e. The number of fused-ring (bicyclic) bond motifs is 3. The quantitative estimate of drug-likeness (QED) is 0.816. The zero-order chi connectivity index (χ0) is 19.9. The van der Waals surface area contributed by atoms with Crippen LogP contribution in [0.1, 0.15) is 22.2 Å². The number of benzene rings is 1. The van der Waals surface area contributed by atoms with Crippen LogP contribution in [0.5, 0.6) is 5.75 Å². The van der Waals surface area contributed by atoms with Crippen molar-refractivity contribution in [2.24, 2.45) is 0 Å². The number of carbonyl (C=O) groups excluding carboxylic acids is 2. The van der Waals surface area contributed by atoms with Gasteiger partial charge in [0.05, 0.1) is 16.4 Å². The van der Waals surface area contributed by atoms with Crippen molar-refractivity contribution in [1.82, 2.24) is 10.2 Å². The summed E-state index contributed by atoms with van der Waals surface area (Å²) in [6.45, 7) is 2.37. The van der Waals surface area contributed by atoms with Crippen LogP contribution in [-0.4, -0.2) is 55.8 Å². The van der Waals surface area contributed by atoms with Gasteiger partial charge in [-0.15, -0.1) is 11.3 Å². The summed E-state index contributed by atoms with van der Waals surface area (Å²) < 4.78 is 28.8. The van der Waals surface area contributed by atoms with Gasteiger partial charge in [0.15, 0.2) is 9.84 Å². The number of hydrogen-bond acceptors (Lipinski definition) is 6. The molecule has 2 aliphatic rings. The van der Waals surface area contributed by atoms with E-state index in [1.165, 1.54) is 16.2 Å². The summed E-state index contributed by atoms with van der Waals surface area (Å²) in [6, 6.07) is 8.77. The molecule has 0 saturated carbocycles. The Balaban J connectivity index is 1.45. The molecule has 4 rings (SSSR count). The van der Waals surface area contributed by atoms with E-state index >= 15 is 0 Å². The topological polar surface area (TPSA) is 92.8 Å². The highest BCUT2D eigenvalue weighted by atomic mass is 32.2. The van der Waals surface area contributed by atoms with Gasteiger partial charge in [0.25, 0.3) is 5.91 Å². The predicted molar refractivity (Wildman–Crippen MR) is 106 cm³/mol. The standard InChI is InChI=1S/C19H20N2O5S2/c1-12(19(23)21-6-8-28(24,25)9-7-21)20-18(22)16-10-13-11-26-15-5-3-2-4-14(15)17(13)27-16/h2-5,10,12H,6-9,11H2,1H3,(H,20,22). The van der Waals surface area contributed by atoms with E-state index in [9.17, 15) is 18.0 Å². The molecule has 1 saturated heterocycles. The van der Waals surface area contributed by atoms with Gasteiger partial charge in [0.1, 0.15) is 18.4 Å². The van der Waals surface area contributed by atoms with E-state index in [2.05, 4.69) is 5.32 Å². The Morgan fingerprint density at radius 2 is 1.93 bits per heavy atom. The van der Waals surface area contributed by atoms with Gasteiger partial charge < -0.3 is 15.0 Å². The summed E-state index contributed by atoms with van der Waals surface area (Å²) in [5, 5.41) is 2.74. The van der Waals surface area contributed by atoms with Gasteiger partial charge in [0, 0.05) is 29.1 Å². The van der Waals surface area contributed by atoms with Crippen LogP contribution in [0.25, 0.3) is 10.4 Å². The van der Waals surface area contributed by atoms with Gasteiger partial charge in [-0.05, 0) is 25.1 Å². The third-order valence-corrected chi connectivity index (χ3v) is 7.74. The van der Waals surface area contributed by atoms with Crippen molar-refractivity contribution in [2.45, 2.75) is 19.6 Å². The second-order valence-corrected chi connectivity index (χ2v) is 10.3. The molecule has 28 heavy (non-hydrogen) atoms. The van der Waals surface area contributed by atoms with Crippen LogP contribution in [0.4, 0.5) is 0 Å². The van der Waals surface area contributed by atoms with Crippen LogP contribution in [-0.2, 0) is 21.2 Å². The minimum atomic E-state index is -3.06. The highest BCUT2D eigenvalue weighted by Crippen LogP contribution is 2.42. The molecular formula is C19H20N2O5S2. The predicted octanol–water partition coefficient (Wildman–Crippen LogP) is 1.68. The molecule has 9 heteroatoms. The molecule has 0 radical (unpaired) electrons. The third kappa shape index (κ3) is 3.64. The van der Waals surface area contributed by atoms with Crippen molar-refractivity contribution >= 4 is 33.0 Å². The molecule has 1 aromatic heterocycles. The third-order valence-electron chi connectivity index (χ3n) is 4.92. The molecule has 3 heterocycles. The summed E-state index contributed by atoms with van der Waals surface area (Å²) >= 11 is 1.38. The normalized spacial score (nSPS) is 18.4. The average Bonchev–Trinajstić information content (AvgIpc) is 3.12. The number of rotatable bonds is 3. The number of para-hydroxylation sites is 1. The molecule has 7 nitrogen and oxygen atoms in total. The van der Waals surface area contributed by atoms with Crippen molar-refractivity contribution < 1.29 is 22.7 Å². The van der Waals surface area contributed by atoms with Gasteiger partial charge in [-0.3, -0.25) is 9.59 Å². The van der Waals surface area contributed by atoms with Crippen molar-refractivity contribution in [2.75, 3.05) is 24.6 Å². The minimum absolute atomic E-state index is 0.0313. The van der Waals surface area contributed by atoms with Crippen LogP contribution in [0, 0.1) is 0 Å². The monoisotopic (exact) mass is 420 g/mol. The lowest BCUT2D eigenvalue weighted by Gasteiger charge is -2.29. The molecule has 2 amide bonds. The maximum atomic E-state index is 12.7. The summed E-state index contributed by atoms with van der Waals surface area (Å²) in [5.74, 6) is 0.153. The molecule has 148 valence electrons. The van der Waals surface area contributed by atoms with E-state index in [4.69, 9.17) is 4.74 Å². The highest BCUT2D eigenvalue weighted by molar-refractivity contribution is 7.91. The first-order valence-corrected chi connectivity index (χ1v) is 11.6. The zero-order valence-corrected chi connectivity index (χ0v) is 16.9. The summed E-state index contributed by atoms with van der Waals surface area (Å²) in [4.78, 5) is 28.2. The van der Waals surface area contributed by atoms with Crippen LogP contribution in [0.15, 0.2) is 30.3 Å². The van der Waals surface area contributed by atoms with Crippen molar-refractivity contribution in [3.63, 3.8) is 0 Å². The van der Waals surface area contributed by atoms with E-state index in [1.807, 2.05) is 24.3 Å². The van der Waals surface area contributed by atoms with Crippen molar-refractivity contribution in [3.8, 4) is 16.2 Å². The number of sulfone groups is 1. The van der Waals surface area contributed by atoms with E-state index < -0.39 is 15.9 Å². The SMILES string of the molecule is CC(NC(=O)c1cc2c(s1)-c1ccccc1OC2)C(=O)N1CCS(=O)(=O)CC1. The van der Waals surface area contributed by atoms with E-state index in [1.54, 1.807) is 13.0 Å². The number of thiophene rings is 1. The molecule has 1 fully saturated rings. The molecule has 1 aromatic carbocycles. The smallest absolute Gasteiger partial charge is 0.262 e. The largest absolute Gasteiger partial charge is 0.488 e. The van der Waals surface area contributed by atoms with Crippen LogP contribution >= 0.6 is 11.3 Å². The van der Waals surface area contributed by atoms with Crippen LogP contribution in [0.2, 0.25) is 0 Å². The number of hydrogen-bond donors (Lipinski definition) is 1. The Morgan fingerprint density at radius 1 is 1.21 bits per heavy atom. The van der Waals surface area contributed by atoms with Gasteiger partial charge in [0.2, 0.25) is 5.91 Å². The first-order chi connectivity index (χ1) is 13.3. The molecule has 2 aliphatic heterocycles. The summed E-state index contributed by atoms with van der Waals surface area (Å²) in [5.41, 5.74) is 1.92. The molecule has 0 aliphatic carbocycles. The zero-order valence-electron chi connectivity index (χ0n) is 15.3. The number of nitrogens with one attached hydrogen (secondary N) is 1. The Labute approximate surface area is 167 Å². The first-order valence-electron chi connectivity index (χ1n) is 8.99. The summed E-state index contributed by atoms with van der Waals surface area (Å²) in [7, 11) is -3.06. The fraction of sp³-hybridized carbons (Fsp3) is 0.368. The van der Waals surface area contributed by atoms with Gasteiger partial charge in [-0.2, -0.15) is 0 Å². The van der Waals surface area contributed by atoms with Gasteiger partial charge in [-0.1, -0.05) is 12.1 Å². The number of ether oxygens (including phenoxy) is 1. The highest BCUT2D eigenvalue weighted by Gasteiger charge is 2.29. The Kier molecular flexibility index (Phi) is 4.88. The maximum Gasteiger partial charge on any atom is 0.262 e. The second-order valence-electron chi connectivity index (χ2n) is 6.92. The van der Waals surface area contributed by atoms with Crippen LogP contribution < -0.4 is 10.1 Å². The average molecular weight is 421 g/mol. The lowest BCUT2D eigenvalue weighted by Crippen LogP contribution is -2.51. The number of carbonyl (C=O) groups is 2. The first kappa shape index (κ1) is 18.9. The number of amides is 2. The number of nitrogens with zero attached hydrogens (tertiary/aromatic N) is 1. The van der Waals surface area contributed by atoms with Gasteiger partial charge >= 0.3 is 0 Å². The second kappa shape index (κ2) is 7.21. The van der Waals surface area contributed by atoms with Crippen molar-refractivity contribution in [3.05, 3.63) is 40.8 Å². The van der Waals surface area contributed by atoms with E-state index in [0.29, 0.717) is 11.5 Å². The molecule has 0 spiro atoms. The molecular weight excluding hydrogens is 400 g/mol. The molecule has 1 unspecified atom stereocenters. The summed E-state index contributed by atoms with van der Waals surface area (Å²) in [6.07, 6.45) is 0. The van der Waals surface area contributed by atoms with E-state index in [0.717, 1.165) is 21.8 Å². The van der Waals surface area contributed by atoms with Crippen LogP contribution in [0.3, 0.4) is 0 Å². The maximum absolute atomic E-state index is 12.7. The lowest BCUT2D eigenvalue weighted by atomic mass is 10.1.